The van der Waals surface area contributed by atoms with Crippen LogP contribution in [0.3, 0.4) is 0 Å². The Kier molecular flexibility index (Phi) is 22.8. The van der Waals surface area contributed by atoms with Gasteiger partial charge in [-0.15, -0.1) is 11.8 Å². The standard InChI is InChI=1S/C40H51N13O13S/c41-39(65)27-21-67-22-38(64)50-17-34(60)48-19-36(62)52-26(10-23-6-8-25(9-7-23)24-4-2-1-3-5-24)40(66)51-18-35(61)47-15-32(58)45-13-30(56)43-11-28(54)42-12-29(55)44-14-31(57)46-16-33(59)49-20-37(63)53-27/h1-9,26-27H,10-22H2,(H2,41,65)(H,42,54)(H,43,56)(H,44,55)(H,45,58)(H,46,57)(H,47,61)(H,48,60)(H,49,59)(H,50,64)(H,51,66)(H,52,62)(H,53,63). The van der Waals surface area contributed by atoms with Crippen LogP contribution in [-0.4, -0.2) is 166 Å². The maximum atomic E-state index is 13.3. The molecule has 1 aliphatic rings. The number of amides is 13. The fourth-order valence-electron chi connectivity index (χ4n) is 5.32. The minimum atomic E-state index is -1.27. The van der Waals surface area contributed by atoms with Gasteiger partial charge in [-0.3, -0.25) is 62.3 Å². The van der Waals surface area contributed by atoms with Crippen LogP contribution in [0.5, 0.6) is 0 Å². The highest BCUT2D eigenvalue weighted by Gasteiger charge is 2.23. The molecule has 360 valence electrons. The quantitative estimate of drug-likeness (QED) is 0.136. The normalized spacial score (nSPS) is 19.9. The highest BCUT2D eigenvalue weighted by molar-refractivity contribution is 8.00. The Labute approximate surface area is 386 Å². The predicted molar refractivity (Wildman–Crippen MR) is 236 cm³/mol. The van der Waals surface area contributed by atoms with Crippen LogP contribution in [0.2, 0.25) is 0 Å². The van der Waals surface area contributed by atoms with Gasteiger partial charge in [0.05, 0.1) is 71.2 Å². The number of hydrogen-bond donors (Lipinski definition) is 13. The Morgan fingerprint density at radius 1 is 0.433 bits per heavy atom. The number of thioether (sulfide) groups is 1. The molecule has 1 aliphatic heterocycles. The summed E-state index contributed by atoms with van der Waals surface area (Å²) < 4.78 is 0. The Hall–Kier alpha value is -8.10. The van der Waals surface area contributed by atoms with Crippen LogP contribution < -0.4 is 69.5 Å². The Bertz CT molecular complexity index is 2160. The first-order valence-electron chi connectivity index (χ1n) is 20.3. The first-order valence-corrected chi connectivity index (χ1v) is 21.4. The van der Waals surface area contributed by atoms with Gasteiger partial charge in [0.15, 0.2) is 0 Å². The molecule has 1 fully saturated rings. The zero-order chi connectivity index (χ0) is 49.1. The maximum Gasteiger partial charge on any atom is 0.243 e. The lowest BCUT2D eigenvalue weighted by molar-refractivity contribution is -0.131. The van der Waals surface area contributed by atoms with Crippen molar-refractivity contribution in [3.8, 4) is 11.1 Å². The van der Waals surface area contributed by atoms with Crippen molar-refractivity contribution >= 4 is 88.6 Å². The molecule has 0 saturated carbocycles. The van der Waals surface area contributed by atoms with E-state index in [1.165, 1.54) is 0 Å². The average molecular weight is 954 g/mol. The van der Waals surface area contributed by atoms with Crippen molar-refractivity contribution in [1.82, 2.24) is 63.8 Å². The second-order valence-corrected chi connectivity index (χ2v) is 15.2. The van der Waals surface area contributed by atoms with E-state index >= 15 is 0 Å². The fourth-order valence-corrected chi connectivity index (χ4v) is 6.20. The topological polar surface area (TPSA) is 392 Å². The number of primary amides is 1. The van der Waals surface area contributed by atoms with E-state index in [4.69, 9.17) is 5.73 Å². The van der Waals surface area contributed by atoms with Gasteiger partial charge in [0.1, 0.15) is 12.1 Å². The largest absolute Gasteiger partial charge is 0.368 e. The third-order valence-electron chi connectivity index (χ3n) is 8.79. The molecule has 1 saturated heterocycles. The van der Waals surface area contributed by atoms with Crippen molar-refractivity contribution in [2.75, 3.05) is 77.0 Å². The summed E-state index contributed by atoms with van der Waals surface area (Å²) in [6.07, 6.45) is -0.0475. The number of nitrogens with two attached hydrogens (primary N) is 1. The second-order valence-electron chi connectivity index (χ2n) is 14.1. The van der Waals surface area contributed by atoms with Gasteiger partial charge in [0.25, 0.3) is 0 Å². The molecule has 2 aromatic carbocycles. The zero-order valence-corrected chi connectivity index (χ0v) is 36.7. The summed E-state index contributed by atoms with van der Waals surface area (Å²) in [7, 11) is 0. The first-order chi connectivity index (χ1) is 32.0. The van der Waals surface area contributed by atoms with Gasteiger partial charge in [-0.2, -0.15) is 0 Å². The molecule has 0 radical (unpaired) electrons. The van der Waals surface area contributed by atoms with Crippen LogP contribution in [0.1, 0.15) is 5.56 Å². The van der Waals surface area contributed by atoms with Crippen LogP contribution in [0.15, 0.2) is 54.6 Å². The van der Waals surface area contributed by atoms with Crippen molar-refractivity contribution in [3.63, 3.8) is 0 Å². The minimum absolute atomic E-state index is 0.0475. The molecule has 2 unspecified atom stereocenters. The molecule has 0 aliphatic carbocycles. The fraction of sp³-hybridized carbons (Fsp3) is 0.375. The molecule has 3 rings (SSSR count). The van der Waals surface area contributed by atoms with E-state index in [9.17, 15) is 62.3 Å². The van der Waals surface area contributed by atoms with Crippen LogP contribution in [0.4, 0.5) is 0 Å². The van der Waals surface area contributed by atoms with Crippen LogP contribution in [-0.2, 0) is 68.7 Å². The summed E-state index contributed by atoms with van der Waals surface area (Å²) in [6.45, 7) is -6.03. The van der Waals surface area contributed by atoms with Crippen molar-refractivity contribution in [2.24, 2.45) is 5.73 Å². The number of hydrogen-bond acceptors (Lipinski definition) is 14. The minimum Gasteiger partial charge on any atom is -0.368 e. The lowest BCUT2D eigenvalue weighted by Crippen LogP contribution is -2.52. The lowest BCUT2D eigenvalue weighted by atomic mass is 10.00. The average Bonchev–Trinajstić information content (AvgIpc) is 3.31. The van der Waals surface area contributed by atoms with Gasteiger partial charge in [-0.25, -0.2) is 0 Å². The second kappa shape index (κ2) is 28.6. The van der Waals surface area contributed by atoms with Crippen molar-refractivity contribution in [3.05, 3.63) is 60.2 Å². The van der Waals surface area contributed by atoms with E-state index in [2.05, 4.69) is 63.8 Å². The SMILES string of the molecule is NC(=O)C1CSCC(=O)NCC(=O)NCC(=O)NC(Cc2ccc(-c3ccccc3)cc2)C(=O)NCC(=O)NCC(=O)NCC(=O)NCC(=O)NCC(=O)NCC(=O)NCC(=O)NCC(=O)N1. The molecule has 2 atom stereocenters. The highest BCUT2D eigenvalue weighted by atomic mass is 32.2. The van der Waals surface area contributed by atoms with E-state index < -0.39 is 154 Å². The molecule has 26 nitrogen and oxygen atoms in total. The zero-order valence-electron chi connectivity index (χ0n) is 35.8. The number of rotatable bonds is 4. The van der Waals surface area contributed by atoms with Gasteiger partial charge < -0.3 is 69.5 Å². The summed E-state index contributed by atoms with van der Waals surface area (Å²) >= 11 is 0.877. The monoisotopic (exact) mass is 953 g/mol. The van der Waals surface area contributed by atoms with Crippen LogP contribution >= 0.6 is 11.8 Å². The summed E-state index contributed by atoms with van der Waals surface area (Å²) in [5.41, 5.74) is 7.81. The van der Waals surface area contributed by atoms with Crippen LogP contribution in [0.25, 0.3) is 11.1 Å². The molecule has 0 aromatic heterocycles. The van der Waals surface area contributed by atoms with Crippen molar-refractivity contribution in [2.45, 2.75) is 18.5 Å². The molecule has 0 spiro atoms. The molecule has 67 heavy (non-hydrogen) atoms. The summed E-state index contributed by atoms with van der Waals surface area (Å²) in [4.78, 5) is 161. The molecular formula is C40H51N13O13S. The van der Waals surface area contributed by atoms with E-state index in [0.29, 0.717) is 5.56 Å². The molecule has 1 heterocycles. The number of carbonyl (C=O) groups is 13. The smallest absolute Gasteiger partial charge is 0.243 e. The third-order valence-corrected chi connectivity index (χ3v) is 9.82. The molecular weight excluding hydrogens is 903 g/mol. The predicted octanol–water partition coefficient (Wildman–Crippen LogP) is -7.74. The van der Waals surface area contributed by atoms with E-state index in [-0.39, 0.29) is 17.9 Å². The van der Waals surface area contributed by atoms with Gasteiger partial charge in [-0.05, 0) is 16.7 Å². The van der Waals surface area contributed by atoms with E-state index in [1.54, 1.807) is 12.1 Å². The number of benzene rings is 2. The Balaban J connectivity index is 1.63. The molecule has 14 N–H and O–H groups in total. The van der Waals surface area contributed by atoms with E-state index in [1.807, 2.05) is 42.5 Å². The Morgan fingerprint density at radius 3 is 1.18 bits per heavy atom. The van der Waals surface area contributed by atoms with Gasteiger partial charge >= 0.3 is 0 Å². The summed E-state index contributed by atoms with van der Waals surface area (Å²) in [5.74, 6) is -10.9. The first kappa shape index (κ1) is 53.2. The summed E-state index contributed by atoms with van der Waals surface area (Å²) in [5, 5.41) is 27.3. The Morgan fingerprint density at radius 2 is 0.776 bits per heavy atom. The summed E-state index contributed by atoms with van der Waals surface area (Å²) in [6, 6.07) is 14.1. The van der Waals surface area contributed by atoms with Crippen molar-refractivity contribution in [1.29, 1.82) is 0 Å². The van der Waals surface area contributed by atoms with Crippen molar-refractivity contribution < 1.29 is 62.3 Å². The maximum absolute atomic E-state index is 13.3. The molecule has 27 heteroatoms. The lowest BCUT2D eigenvalue weighted by Gasteiger charge is -2.19. The molecule has 0 bridgehead atoms. The van der Waals surface area contributed by atoms with Gasteiger partial charge in [-0.1, -0.05) is 54.6 Å². The van der Waals surface area contributed by atoms with E-state index in [0.717, 1.165) is 22.9 Å². The number of nitrogens with one attached hydrogen (secondary N) is 12. The van der Waals surface area contributed by atoms with Crippen LogP contribution in [0, 0.1) is 0 Å². The van der Waals surface area contributed by atoms with Gasteiger partial charge in [0.2, 0.25) is 76.8 Å². The molecule has 2 aromatic rings. The highest BCUT2D eigenvalue weighted by Crippen LogP contribution is 2.19. The third kappa shape index (κ3) is 22.4. The van der Waals surface area contributed by atoms with Gasteiger partial charge in [0, 0.05) is 12.2 Å². The molecule has 13 amide bonds. The number of carbonyl (C=O) groups excluding carboxylic acids is 13.